The average Bonchev–Trinajstić information content (AvgIpc) is 3.16. The number of carbonyl (C=O) groups is 1. The van der Waals surface area contributed by atoms with Crippen LogP contribution in [0.25, 0.3) is 5.65 Å². The van der Waals surface area contributed by atoms with Crippen molar-refractivity contribution >= 4 is 17.5 Å². The summed E-state index contributed by atoms with van der Waals surface area (Å²) < 4.78 is 54.2. The molecule has 0 bridgehead atoms. The van der Waals surface area contributed by atoms with Gasteiger partial charge in [-0.3, -0.25) is 9.20 Å². The Morgan fingerprint density at radius 1 is 1.17 bits per heavy atom. The van der Waals surface area contributed by atoms with Crippen LogP contribution in [0.1, 0.15) is 24.0 Å². The van der Waals surface area contributed by atoms with Crippen LogP contribution in [0.2, 0.25) is 0 Å². The van der Waals surface area contributed by atoms with Crippen molar-refractivity contribution in [1.82, 2.24) is 19.9 Å². The topological polar surface area (TPSA) is 62.5 Å². The third-order valence-electron chi connectivity index (χ3n) is 5.20. The Bertz CT molecular complexity index is 1060. The van der Waals surface area contributed by atoms with E-state index in [2.05, 4.69) is 15.5 Å². The first-order chi connectivity index (χ1) is 14.3. The van der Waals surface area contributed by atoms with Crippen molar-refractivity contribution in [3.05, 3.63) is 59.5 Å². The lowest BCUT2D eigenvalue weighted by Crippen LogP contribution is -2.43. The van der Waals surface area contributed by atoms with Crippen molar-refractivity contribution in [2.24, 2.45) is 5.92 Å². The molecule has 0 radical (unpaired) electrons. The van der Waals surface area contributed by atoms with Gasteiger partial charge in [0.2, 0.25) is 11.9 Å². The van der Waals surface area contributed by atoms with Gasteiger partial charge in [-0.1, -0.05) is 18.2 Å². The Balaban J connectivity index is 1.48. The zero-order chi connectivity index (χ0) is 21.3. The Morgan fingerprint density at radius 3 is 2.73 bits per heavy atom. The van der Waals surface area contributed by atoms with E-state index < -0.39 is 17.6 Å². The number of nitrogens with zero attached hydrogens (tertiary/aromatic N) is 4. The van der Waals surface area contributed by atoms with Crippen LogP contribution in [0.4, 0.5) is 23.5 Å². The van der Waals surface area contributed by atoms with Crippen molar-refractivity contribution in [2.45, 2.75) is 25.6 Å². The van der Waals surface area contributed by atoms with Crippen LogP contribution in [0, 0.1) is 11.7 Å². The molecule has 1 saturated heterocycles. The molecule has 1 aliphatic heterocycles. The van der Waals surface area contributed by atoms with Crippen molar-refractivity contribution in [2.75, 3.05) is 18.0 Å². The number of rotatable bonds is 4. The van der Waals surface area contributed by atoms with Gasteiger partial charge in [0.25, 0.3) is 0 Å². The average molecular weight is 421 g/mol. The smallest absolute Gasteiger partial charge is 0.352 e. The second-order valence-electron chi connectivity index (χ2n) is 7.24. The van der Waals surface area contributed by atoms with Crippen molar-refractivity contribution in [3.63, 3.8) is 0 Å². The third kappa shape index (κ3) is 4.07. The second kappa shape index (κ2) is 7.92. The van der Waals surface area contributed by atoms with E-state index >= 15 is 0 Å². The highest BCUT2D eigenvalue weighted by molar-refractivity contribution is 5.79. The molecule has 3 heterocycles. The van der Waals surface area contributed by atoms with Crippen LogP contribution in [-0.2, 0) is 17.5 Å². The van der Waals surface area contributed by atoms with E-state index in [0.717, 1.165) is 12.3 Å². The Morgan fingerprint density at radius 2 is 1.97 bits per heavy atom. The normalized spacial score (nSPS) is 17.3. The van der Waals surface area contributed by atoms with E-state index in [1.165, 1.54) is 16.5 Å². The summed E-state index contributed by atoms with van der Waals surface area (Å²) in [7, 11) is 0. The van der Waals surface area contributed by atoms with Crippen LogP contribution in [0.15, 0.2) is 42.6 Å². The number of benzene rings is 1. The SMILES string of the molecule is O=C(NCc1ccccc1F)C1CCCN(c2nnc3ccc(C(F)(F)F)cn23)C1. The maximum atomic E-state index is 13.7. The van der Waals surface area contributed by atoms with Crippen molar-refractivity contribution in [3.8, 4) is 0 Å². The quantitative estimate of drug-likeness (QED) is 0.656. The monoisotopic (exact) mass is 421 g/mol. The van der Waals surface area contributed by atoms with Crippen LogP contribution < -0.4 is 10.2 Å². The minimum Gasteiger partial charge on any atom is -0.352 e. The predicted octanol–water partition coefficient (Wildman–Crippen LogP) is 3.42. The summed E-state index contributed by atoms with van der Waals surface area (Å²) in [4.78, 5) is 14.4. The molecular weight excluding hydrogens is 402 g/mol. The molecule has 1 unspecified atom stereocenters. The highest BCUT2D eigenvalue weighted by atomic mass is 19.4. The summed E-state index contributed by atoms with van der Waals surface area (Å²) in [5.74, 6) is -0.738. The lowest BCUT2D eigenvalue weighted by Gasteiger charge is -2.32. The largest absolute Gasteiger partial charge is 0.417 e. The summed E-state index contributed by atoms with van der Waals surface area (Å²) in [5, 5.41) is 10.7. The molecule has 1 aromatic carbocycles. The zero-order valence-electron chi connectivity index (χ0n) is 15.9. The first-order valence-corrected chi connectivity index (χ1v) is 9.51. The number of pyridine rings is 1. The standard InChI is InChI=1S/C20H19F4N5O/c21-16-6-2-1-4-13(16)10-25-18(30)14-5-3-9-28(11-14)19-27-26-17-8-7-15(12-29(17)19)20(22,23)24/h1-2,4,6-8,12,14H,3,5,9-11H2,(H,25,30). The summed E-state index contributed by atoms with van der Waals surface area (Å²) in [6, 6.07) is 8.43. The number of halogens is 4. The third-order valence-corrected chi connectivity index (χ3v) is 5.20. The molecule has 0 spiro atoms. The molecule has 1 fully saturated rings. The van der Waals surface area contributed by atoms with Gasteiger partial charge in [-0.25, -0.2) is 4.39 Å². The van der Waals surface area contributed by atoms with E-state index in [4.69, 9.17) is 0 Å². The molecule has 1 N–H and O–H groups in total. The summed E-state index contributed by atoms with van der Waals surface area (Å²) in [6.07, 6.45) is -2.21. The Kier molecular flexibility index (Phi) is 5.31. The van der Waals surface area contributed by atoms with Gasteiger partial charge in [-0.05, 0) is 31.0 Å². The van der Waals surface area contributed by atoms with Gasteiger partial charge < -0.3 is 10.2 Å². The molecule has 1 atom stereocenters. The van der Waals surface area contributed by atoms with E-state index in [1.807, 2.05) is 0 Å². The second-order valence-corrected chi connectivity index (χ2v) is 7.24. The first-order valence-electron chi connectivity index (χ1n) is 9.51. The molecule has 1 aliphatic rings. The molecule has 158 valence electrons. The highest BCUT2D eigenvalue weighted by Crippen LogP contribution is 2.30. The molecule has 3 aromatic rings. The molecule has 10 heteroatoms. The molecule has 2 aromatic heterocycles. The van der Waals surface area contributed by atoms with Crippen LogP contribution in [0.5, 0.6) is 0 Å². The number of hydrogen-bond donors (Lipinski definition) is 1. The number of anilines is 1. The number of carbonyl (C=O) groups excluding carboxylic acids is 1. The fourth-order valence-corrected chi connectivity index (χ4v) is 3.60. The van der Waals surface area contributed by atoms with Crippen LogP contribution in [-0.4, -0.2) is 33.6 Å². The fraction of sp³-hybridized carbons (Fsp3) is 0.350. The lowest BCUT2D eigenvalue weighted by molar-refractivity contribution is -0.137. The summed E-state index contributed by atoms with van der Waals surface area (Å²) in [6.45, 7) is 0.916. The fourth-order valence-electron chi connectivity index (χ4n) is 3.60. The molecule has 4 rings (SSSR count). The first kappa shape index (κ1) is 20.1. The number of piperidine rings is 1. The summed E-state index contributed by atoms with van der Waals surface area (Å²) in [5.41, 5.74) is -0.113. The molecule has 6 nitrogen and oxygen atoms in total. The maximum Gasteiger partial charge on any atom is 0.417 e. The van der Waals surface area contributed by atoms with Gasteiger partial charge in [-0.2, -0.15) is 13.2 Å². The number of fused-ring (bicyclic) bond motifs is 1. The van der Waals surface area contributed by atoms with E-state index in [-0.39, 0.29) is 24.3 Å². The Hall–Kier alpha value is -3.17. The number of alkyl halides is 3. The zero-order valence-corrected chi connectivity index (χ0v) is 15.9. The van der Waals surface area contributed by atoms with E-state index in [0.29, 0.717) is 37.1 Å². The van der Waals surface area contributed by atoms with Crippen molar-refractivity contribution in [1.29, 1.82) is 0 Å². The number of nitrogens with one attached hydrogen (secondary N) is 1. The Labute approximate surface area is 169 Å². The van der Waals surface area contributed by atoms with Gasteiger partial charge in [0.1, 0.15) is 5.82 Å². The van der Waals surface area contributed by atoms with Gasteiger partial charge >= 0.3 is 6.18 Å². The summed E-state index contributed by atoms with van der Waals surface area (Å²) >= 11 is 0. The molecule has 1 amide bonds. The number of hydrogen-bond acceptors (Lipinski definition) is 4. The van der Waals surface area contributed by atoms with Gasteiger partial charge in [-0.15, -0.1) is 10.2 Å². The molecule has 30 heavy (non-hydrogen) atoms. The van der Waals surface area contributed by atoms with Gasteiger partial charge in [0, 0.05) is 31.4 Å². The maximum absolute atomic E-state index is 13.7. The van der Waals surface area contributed by atoms with Crippen molar-refractivity contribution < 1.29 is 22.4 Å². The number of amides is 1. The molecule has 0 aliphatic carbocycles. The molecular formula is C20H19F4N5O. The van der Waals surface area contributed by atoms with Crippen LogP contribution >= 0.6 is 0 Å². The van der Waals surface area contributed by atoms with Crippen LogP contribution in [0.3, 0.4) is 0 Å². The predicted molar refractivity (Wildman–Crippen MR) is 101 cm³/mol. The van der Waals surface area contributed by atoms with Gasteiger partial charge in [0.15, 0.2) is 5.65 Å². The number of aromatic nitrogens is 3. The molecule has 0 saturated carbocycles. The van der Waals surface area contributed by atoms with Gasteiger partial charge in [0.05, 0.1) is 11.5 Å². The van der Waals surface area contributed by atoms with E-state index in [9.17, 15) is 22.4 Å². The minimum absolute atomic E-state index is 0.0742. The minimum atomic E-state index is -4.48. The highest BCUT2D eigenvalue weighted by Gasteiger charge is 2.32. The van der Waals surface area contributed by atoms with E-state index in [1.54, 1.807) is 23.1 Å². The lowest BCUT2D eigenvalue weighted by atomic mass is 9.97.